The number of pyridine rings is 1. The molecule has 0 spiro atoms. The molecule has 2 heterocycles. The van der Waals surface area contributed by atoms with Crippen molar-refractivity contribution in [2.24, 2.45) is 0 Å². The maximum atomic E-state index is 12.3. The van der Waals surface area contributed by atoms with Crippen molar-refractivity contribution in [3.8, 4) is 0 Å². The molecule has 0 atom stereocenters. The van der Waals surface area contributed by atoms with Crippen LogP contribution in [0.5, 0.6) is 0 Å². The van der Waals surface area contributed by atoms with Gasteiger partial charge in [0.05, 0.1) is 21.4 Å². The highest BCUT2D eigenvalue weighted by atomic mass is 35.5. The molecule has 0 aliphatic carbocycles. The number of thioether (sulfide) groups is 1. The minimum absolute atomic E-state index is 0.0243. The van der Waals surface area contributed by atoms with Crippen LogP contribution in [0.3, 0.4) is 0 Å². The highest BCUT2D eigenvalue weighted by molar-refractivity contribution is 8.07. The summed E-state index contributed by atoms with van der Waals surface area (Å²) in [6, 6.07) is 7.37. The molecule has 0 saturated heterocycles. The van der Waals surface area contributed by atoms with Gasteiger partial charge in [-0.3, -0.25) is 9.29 Å². The van der Waals surface area contributed by atoms with Gasteiger partial charge >= 0.3 is 0 Å². The van der Waals surface area contributed by atoms with Crippen molar-refractivity contribution in [3.05, 3.63) is 57.9 Å². The lowest BCUT2D eigenvalue weighted by atomic mass is 10.1. The predicted molar refractivity (Wildman–Crippen MR) is 109 cm³/mol. The molecule has 0 unspecified atom stereocenters. The lowest BCUT2D eigenvalue weighted by molar-refractivity contribution is 0.510. The van der Waals surface area contributed by atoms with Crippen LogP contribution < -0.4 is 4.31 Å². The van der Waals surface area contributed by atoms with Crippen LogP contribution in [0.4, 0.5) is 5.69 Å². The molecule has 0 bridgehead atoms. The number of halogens is 1. The van der Waals surface area contributed by atoms with Crippen LogP contribution in [0.15, 0.2) is 30.5 Å². The van der Waals surface area contributed by atoms with Gasteiger partial charge in [0.1, 0.15) is 5.69 Å². The fourth-order valence-corrected chi connectivity index (χ4v) is 5.39. The van der Waals surface area contributed by atoms with Gasteiger partial charge in [-0.05, 0) is 31.0 Å². The van der Waals surface area contributed by atoms with Crippen LogP contribution in [0.1, 0.15) is 29.3 Å². The maximum Gasteiger partial charge on any atom is 0.234 e. The van der Waals surface area contributed by atoms with Gasteiger partial charge in [0.25, 0.3) is 0 Å². The molecule has 0 fully saturated rings. The molecule has 26 heavy (non-hydrogen) atoms. The third kappa shape index (κ3) is 3.19. The van der Waals surface area contributed by atoms with Crippen molar-refractivity contribution in [2.45, 2.75) is 19.6 Å². The Morgan fingerprint density at radius 2 is 2.08 bits per heavy atom. The van der Waals surface area contributed by atoms with Crippen molar-refractivity contribution < 1.29 is 13.5 Å². The number of aliphatic hydroxyl groups excluding tert-OH is 1. The third-order valence-corrected chi connectivity index (χ3v) is 7.65. The number of hydrogen-bond acceptors (Lipinski definition) is 5. The number of anilines is 1. The highest BCUT2D eigenvalue weighted by Crippen LogP contribution is 2.46. The van der Waals surface area contributed by atoms with Crippen molar-refractivity contribution >= 4 is 49.7 Å². The smallest absolute Gasteiger partial charge is 0.234 e. The number of rotatable bonds is 4. The molecule has 0 radical (unpaired) electrons. The monoisotopic (exact) mass is 410 g/mol. The summed E-state index contributed by atoms with van der Waals surface area (Å²) in [5, 5.41) is 11.0. The Labute approximate surface area is 162 Å². The molecule has 5 nitrogen and oxygen atoms in total. The summed E-state index contributed by atoms with van der Waals surface area (Å²) in [6.45, 7) is 3.40. The van der Waals surface area contributed by atoms with Gasteiger partial charge < -0.3 is 5.11 Å². The summed E-state index contributed by atoms with van der Waals surface area (Å²) in [4.78, 5) is 4.86. The topological polar surface area (TPSA) is 70.5 Å². The molecule has 2 aromatic rings. The first-order valence-electron chi connectivity index (χ1n) is 8.04. The summed E-state index contributed by atoms with van der Waals surface area (Å²) in [6.07, 6.45) is 1.63. The fourth-order valence-electron chi connectivity index (χ4n) is 2.86. The van der Waals surface area contributed by atoms with Crippen molar-refractivity contribution in [1.82, 2.24) is 4.98 Å². The lowest BCUT2D eigenvalue weighted by Crippen LogP contribution is -2.29. The number of hydrogen-bond donors (Lipinski definition) is 1. The van der Waals surface area contributed by atoms with Crippen molar-refractivity contribution in [1.29, 1.82) is 0 Å². The van der Waals surface area contributed by atoms with Gasteiger partial charge in [0.2, 0.25) is 10.0 Å². The number of aromatic nitrogens is 1. The standard InChI is InChI=1S/C18H19ClN2O3S2/c1-4-26(23,24)21(3)16-11(2)7-8-13(14(16)19)18-17(22)15-12(10-25-18)6-5-9-20-15/h5-9,22H,4,10H2,1-3H3. The number of sulfonamides is 1. The van der Waals surface area contributed by atoms with Crippen LogP contribution >= 0.6 is 23.4 Å². The van der Waals surface area contributed by atoms with E-state index in [2.05, 4.69) is 4.98 Å². The summed E-state index contributed by atoms with van der Waals surface area (Å²) >= 11 is 8.07. The summed E-state index contributed by atoms with van der Waals surface area (Å²) in [5.41, 5.74) is 3.27. The minimum atomic E-state index is -3.45. The van der Waals surface area contributed by atoms with Gasteiger partial charge in [-0.15, -0.1) is 11.8 Å². The average Bonchev–Trinajstić information content (AvgIpc) is 2.63. The molecule has 1 aromatic carbocycles. The second-order valence-electron chi connectivity index (χ2n) is 5.94. The summed E-state index contributed by atoms with van der Waals surface area (Å²) in [7, 11) is -1.96. The van der Waals surface area contributed by atoms with Crippen LogP contribution in [-0.2, 0) is 15.8 Å². The molecule has 0 saturated carbocycles. The zero-order chi connectivity index (χ0) is 19.1. The molecule has 138 valence electrons. The van der Waals surface area contributed by atoms with E-state index < -0.39 is 10.0 Å². The van der Waals surface area contributed by atoms with E-state index in [4.69, 9.17) is 11.6 Å². The van der Waals surface area contributed by atoms with E-state index in [-0.39, 0.29) is 11.5 Å². The molecule has 8 heteroatoms. The van der Waals surface area contributed by atoms with Crippen molar-refractivity contribution in [2.75, 3.05) is 17.1 Å². The molecular formula is C18H19ClN2O3S2. The lowest BCUT2D eigenvalue weighted by Gasteiger charge is -2.25. The van der Waals surface area contributed by atoms with E-state index in [0.717, 1.165) is 11.1 Å². The summed E-state index contributed by atoms with van der Waals surface area (Å²) in [5.74, 6) is 0.698. The Balaban J connectivity index is 2.18. The quantitative estimate of drug-likeness (QED) is 0.805. The first-order valence-corrected chi connectivity index (χ1v) is 11.0. The normalized spacial score (nSPS) is 14.3. The first-order chi connectivity index (χ1) is 12.3. The second kappa shape index (κ2) is 7.13. The van der Waals surface area contributed by atoms with E-state index in [1.54, 1.807) is 19.2 Å². The molecular weight excluding hydrogens is 392 g/mol. The van der Waals surface area contributed by atoms with Gasteiger partial charge in [-0.25, -0.2) is 8.42 Å². The molecule has 0 amide bonds. The molecule has 1 aromatic heterocycles. The Morgan fingerprint density at radius 3 is 2.77 bits per heavy atom. The van der Waals surface area contributed by atoms with Gasteiger partial charge in [0.15, 0.2) is 5.76 Å². The van der Waals surface area contributed by atoms with E-state index in [1.165, 1.54) is 23.1 Å². The number of aryl methyl sites for hydroxylation is 1. The first kappa shape index (κ1) is 19.1. The van der Waals surface area contributed by atoms with Gasteiger partial charge in [-0.1, -0.05) is 29.8 Å². The Kier molecular flexibility index (Phi) is 5.23. The molecule has 3 rings (SSSR count). The van der Waals surface area contributed by atoms with E-state index >= 15 is 0 Å². The molecule has 1 aliphatic rings. The second-order valence-corrected chi connectivity index (χ2v) is 9.59. The Hall–Kier alpha value is -1.70. The number of nitrogens with zero attached hydrogens (tertiary/aromatic N) is 2. The average molecular weight is 411 g/mol. The van der Waals surface area contributed by atoms with Gasteiger partial charge in [-0.2, -0.15) is 0 Å². The van der Waals surface area contributed by atoms with Crippen molar-refractivity contribution in [3.63, 3.8) is 0 Å². The predicted octanol–water partition coefficient (Wildman–Crippen LogP) is 4.46. The number of benzene rings is 1. The van der Waals surface area contributed by atoms with Crippen LogP contribution in [0, 0.1) is 6.92 Å². The highest BCUT2D eigenvalue weighted by Gasteiger charge is 2.27. The van der Waals surface area contributed by atoms with Gasteiger partial charge in [0, 0.05) is 24.6 Å². The van der Waals surface area contributed by atoms with E-state index in [9.17, 15) is 13.5 Å². The maximum absolute atomic E-state index is 12.3. The molecule has 1 aliphatic heterocycles. The SMILES string of the molecule is CCS(=O)(=O)N(C)c1c(C)ccc(C2=C(O)c3ncccc3CS2)c1Cl. The zero-order valence-corrected chi connectivity index (χ0v) is 17.0. The number of fused-ring (bicyclic) bond motifs is 1. The Morgan fingerprint density at radius 1 is 1.35 bits per heavy atom. The van der Waals surface area contributed by atoms with Crippen LogP contribution in [-0.4, -0.2) is 31.3 Å². The van der Waals surface area contributed by atoms with Crippen LogP contribution in [0.2, 0.25) is 5.02 Å². The minimum Gasteiger partial charge on any atom is -0.505 e. The third-order valence-electron chi connectivity index (χ3n) is 4.36. The van der Waals surface area contributed by atoms with E-state index in [0.29, 0.717) is 32.6 Å². The zero-order valence-electron chi connectivity index (χ0n) is 14.7. The fraction of sp³-hybridized carbons (Fsp3) is 0.278. The molecule has 1 N–H and O–H groups in total. The van der Waals surface area contributed by atoms with E-state index in [1.807, 2.05) is 25.1 Å². The van der Waals surface area contributed by atoms with Crippen LogP contribution in [0.25, 0.3) is 10.7 Å². The largest absolute Gasteiger partial charge is 0.505 e. The Bertz CT molecular complexity index is 1000. The number of aliphatic hydroxyl groups is 1. The summed E-state index contributed by atoms with van der Waals surface area (Å²) < 4.78 is 25.8.